The summed E-state index contributed by atoms with van der Waals surface area (Å²) in [5.41, 5.74) is 1.70. The van der Waals surface area contributed by atoms with E-state index in [1.807, 2.05) is 24.3 Å². The van der Waals surface area contributed by atoms with Crippen molar-refractivity contribution in [3.63, 3.8) is 0 Å². The SMILES string of the molecule is O=C(Nc1ccc(N2CCOCC2)cc1)c1cc(=O)c2cc(Cl)ccc2o1. The molecule has 0 bridgehead atoms. The molecule has 0 unspecified atom stereocenters. The molecule has 6 nitrogen and oxygen atoms in total. The Balaban J connectivity index is 1.52. The molecule has 1 fully saturated rings. The summed E-state index contributed by atoms with van der Waals surface area (Å²) in [7, 11) is 0. The molecule has 1 aromatic heterocycles. The first-order chi connectivity index (χ1) is 13.1. The molecule has 2 heterocycles. The van der Waals surface area contributed by atoms with Crippen LogP contribution in [0.5, 0.6) is 0 Å². The van der Waals surface area contributed by atoms with Crippen LogP contribution in [0.15, 0.2) is 57.7 Å². The topological polar surface area (TPSA) is 71.8 Å². The Hall–Kier alpha value is -2.83. The molecule has 0 saturated carbocycles. The van der Waals surface area contributed by atoms with Gasteiger partial charge in [0.2, 0.25) is 0 Å². The molecule has 1 N–H and O–H groups in total. The predicted molar refractivity (Wildman–Crippen MR) is 105 cm³/mol. The molecule has 1 aliphatic heterocycles. The third kappa shape index (κ3) is 3.82. The average molecular weight is 385 g/mol. The van der Waals surface area contributed by atoms with Gasteiger partial charge in [-0.05, 0) is 42.5 Å². The quantitative estimate of drug-likeness (QED) is 0.747. The number of amides is 1. The summed E-state index contributed by atoms with van der Waals surface area (Å²) in [5.74, 6) is -0.532. The van der Waals surface area contributed by atoms with Crippen LogP contribution in [0, 0.1) is 0 Å². The summed E-state index contributed by atoms with van der Waals surface area (Å²) >= 11 is 5.90. The van der Waals surface area contributed by atoms with Gasteiger partial charge >= 0.3 is 0 Å². The van der Waals surface area contributed by atoms with E-state index in [-0.39, 0.29) is 11.2 Å². The number of anilines is 2. The number of carbonyl (C=O) groups excluding carboxylic acids is 1. The molecule has 1 saturated heterocycles. The standard InChI is InChI=1S/C20H17ClN2O4/c21-13-1-6-18-16(11-13)17(24)12-19(27-18)20(25)22-14-2-4-15(5-3-14)23-7-9-26-10-8-23/h1-6,11-12H,7-10H2,(H,22,25). The lowest BCUT2D eigenvalue weighted by Crippen LogP contribution is -2.36. The molecule has 0 spiro atoms. The Morgan fingerprint density at radius 2 is 1.78 bits per heavy atom. The Kier molecular flexibility index (Phi) is 4.83. The van der Waals surface area contributed by atoms with Crippen LogP contribution >= 0.6 is 11.6 Å². The van der Waals surface area contributed by atoms with Crippen LogP contribution in [-0.4, -0.2) is 32.2 Å². The highest BCUT2D eigenvalue weighted by Gasteiger charge is 2.14. The van der Waals surface area contributed by atoms with Gasteiger partial charge < -0.3 is 19.4 Å². The van der Waals surface area contributed by atoms with Crippen LogP contribution in [0.2, 0.25) is 5.02 Å². The minimum absolute atomic E-state index is 0.0490. The Morgan fingerprint density at radius 3 is 2.52 bits per heavy atom. The van der Waals surface area contributed by atoms with Crippen LogP contribution in [-0.2, 0) is 4.74 Å². The highest BCUT2D eigenvalue weighted by Crippen LogP contribution is 2.21. The summed E-state index contributed by atoms with van der Waals surface area (Å²) < 4.78 is 10.9. The molecule has 0 aliphatic carbocycles. The van der Waals surface area contributed by atoms with Gasteiger partial charge in [0.05, 0.1) is 18.6 Å². The van der Waals surface area contributed by atoms with Gasteiger partial charge in [0.15, 0.2) is 11.2 Å². The van der Waals surface area contributed by atoms with Crippen molar-refractivity contribution >= 4 is 39.9 Å². The van der Waals surface area contributed by atoms with Gasteiger partial charge in [0, 0.05) is 35.6 Å². The van der Waals surface area contributed by atoms with Crippen molar-refractivity contribution in [2.45, 2.75) is 0 Å². The number of ether oxygens (including phenoxy) is 1. The van der Waals surface area contributed by atoms with E-state index in [2.05, 4.69) is 10.2 Å². The van der Waals surface area contributed by atoms with E-state index >= 15 is 0 Å². The van der Waals surface area contributed by atoms with Crippen LogP contribution < -0.4 is 15.6 Å². The number of hydrogen-bond acceptors (Lipinski definition) is 5. The van der Waals surface area contributed by atoms with Crippen LogP contribution in [0.1, 0.15) is 10.6 Å². The monoisotopic (exact) mass is 384 g/mol. The molecular weight excluding hydrogens is 368 g/mol. The summed E-state index contributed by atoms with van der Waals surface area (Å²) in [6.07, 6.45) is 0. The Labute approximate surface area is 160 Å². The summed E-state index contributed by atoms with van der Waals surface area (Å²) in [4.78, 5) is 26.9. The highest BCUT2D eigenvalue weighted by atomic mass is 35.5. The van der Waals surface area contributed by atoms with Crippen molar-refractivity contribution in [1.82, 2.24) is 0 Å². The van der Waals surface area contributed by atoms with E-state index in [0.29, 0.717) is 34.9 Å². The van der Waals surface area contributed by atoms with Crippen molar-refractivity contribution in [2.24, 2.45) is 0 Å². The Morgan fingerprint density at radius 1 is 1.04 bits per heavy atom. The number of nitrogens with zero attached hydrogens (tertiary/aromatic N) is 1. The number of morpholine rings is 1. The second-order valence-electron chi connectivity index (χ2n) is 6.22. The molecule has 1 amide bonds. The first kappa shape index (κ1) is 17.6. The zero-order valence-corrected chi connectivity index (χ0v) is 15.2. The minimum atomic E-state index is -0.483. The van der Waals surface area contributed by atoms with Crippen molar-refractivity contribution in [3.05, 3.63) is 69.5 Å². The second-order valence-corrected chi connectivity index (χ2v) is 6.65. The van der Waals surface area contributed by atoms with E-state index in [9.17, 15) is 9.59 Å². The zero-order valence-electron chi connectivity index (χ0n) is 14.4. The molecule has 4 rings (SSSR count). The van der Waals surface area contributed by atoms with Crippen molar-refractivity contribution in [1.29, 1.82) is 0 Å². The first-order valence-corrected chi connectivity index (χ1v) is 8.95. The number of benzene rings is 2. The molecule has 138 valence electrons. The van der Waals surface area contributed by atoms with E-state index in [0.717, 1.165) is 18.8 Å². The fourth-order valence-electron chi connectivity index (χ4n) is 3.01. The fourth-order valence-corrected chi connectivity index (χ4v) is 3.18. The lowest BCUT2D eigenvalue weighted by molar-refractivity contribution is 0.0997. The largest absolute Gasteiger partial charge is 0.451 e. The van der Waals surface area contributed by atoms with Gasteiger partial charge in [-0.25, -0.2) is 0 Å². The number of nitrogens with one attached hydrogen (secondary N) is 1. The summed E-state index contributed by atoms with van der Waals surface area (Å²) in [5, 5.41) is 3.53. The first-order valence-electron chi connectivity index (χ1n) is 8.58. The predicted octanol–water partition coefficient (Wildman–Crippen LogP) is 3.54. The molecule has 1 aliphatic rings. The summed E-state index contributed by atoms with van der Waals surface area (Å²) in [6.45, 7) is 3.12. The third-order valence-corrected chi connectivity index (χ3v) is 4.65. The van der Waals surface area contributed by atoms with Crippen LogP contribution in [0.3, 0.4) is 0 Å². The van der Waals surface area contributed by atoms with E-state index < -0.39 is 5.91 Å². The zero-order chi connectivity index (χ0) is 18.8. The Bertz CT molecular complexity index is 1040. The molecule has 0 atom stereocenters. The molecule has 27 heavy (non-hydrogen) atoms. The minimum Gasteiger partial charge on any atom is -0.451 e. The van der Waals surface area contributed by atoms with E-state index in [4.69, 9.17) is 20.8 Å². The van der Waals surface area contributed by atoms with Gasteiger partial charge in [0.25, 0.3) is 5.91 Å². The number of rotatable bonds is 3. The maximum atomic E-state index is 12.5. The van der Waals surface area contributed by atoms with Gasteiger partial charge in [-0.15, -0.1) is 0 Å². The summed E-state index contributed by atoms with van der Waals surface area (Å²) in [6, 6.07) is 13.4. The van der Waals surface area contributed by atoms with Gasteiger partial charge in [0.1, 0.15) is 5.58 Å². The molecule has 0 radical (unpaired) electrons. The van der Waals surface area contributed by atoms with E-state index in [1.165, 1.54) is 12.1 Å². The van der Waals surface area contributed by atoms with Crippen molar-refractivity contribution in [3.8, 4) is 0 Å². The smallest absolute Gasteiger partial charge is 0.291 e. The molecule has 2 aromatic carbocycles. The normalized spacial score (nSPS) is 14.3. The number of hydrogen-bond donors (Lipinski definition) is 1. The fraction of sp³-hybridized carbons (Fsp3) is 0.200. The van der Waals surface area contributed by atoms with E-state index in [1.54, 1.807) is 12.1 Å². The third-order valence-electron chi connectivity index (χ3n) is 4.41. The average Bonchev–Trinajstić information content (AvgIpc) is 2.69. The highest BCUT2D eigenvalue weighted by molar-refractivity contribution is 6.31. The van der Waals surface area contributed by atoms with Crippen molar-refractivity contribution < 1.29 is 13.9 Å². The number of halogens is 1. The van der Waals surface area contributed by atoms with Gasteiger partial charge in [-0.2, -0.15) is 0 Å². The molecule has 7 heteroatoms. The lowest BCUT2D eigenvalue weighted by Gasteiger charge is -2.28. The van der Waals surface area contributed by atoms with Crippen LogP contribution in [0.4, 0.5) is 11.4 Å². The number of fused-ring (bicyclic) bond motifs is 1. The maximum absolute atomic E-state index is 12.5. The number of carbonyl (C=O) groups is 1. The second kappa shape index (κ2) is 7.42. The lowest BCUT2D eigenvalue weighted by atomic mass is 10.2. The van der Waals surface area contributed by atoms with Crippen molar-refractivity contribution in [2.75, 3.05) is 36.5 Å². The van der Waals surface area contributed by atoms with Gasteiger partial charge in [-0.3, -0.25) is 9.59 Å². The van der Waals surface area contributed by atoms with Crippen LogP contribution in [0.25, 0.3) is 11.0 Å². The maximum Gasteiger partial charge on any atom is 0.291 e. The molecule has 3 aromatic rings. The van der Waals surface area contributed by atoms with Gasteiger partial charge in [-0.1, -0.05) is 11.6 Å². The molecular formula is C20H17ClN2O4.